The molecule has 2 rings (SSSR count). The van der Waals surface area contributed by atoms with Crippen molar-refractivity contribution < 1.29 is 23.7 Å². The van der Waals surface area contributed by atoms with Gasteiger partial charge in [-0.25, -0.2) is 4.79 Å². The molecule has 0 saturated carbocycles. The Morgan fingerprint density at radius 2 is 2.00 bits per heavy atom. The standard InChI is InChI=1S/C12H18N2O5S/c1-11(2,3)19-13-6-8(15)14-7(10(16)17)12(4,5)20(18)9(6)14/h7,9H,1-5H3,(H,16,17)/b13-6-/t7-,9+,20?/m0/s1. The number of nitrogens with zero attached hydrogens (tertiary/aromatic N) is 2. The molecule has 0 aromatic carbocycles. The van der Waals surface area contributed by atoms with Crippen molar-refractivity contribution in [3.63, 3.8) is 0 Å². The van der Waals surface area contributed by atoms with Crippen LogP contribution in [0.2, 0.25) is 0 Å². The number of hydrogen-bond acceptors (Lipinski definition) is 5. The number of rotatable bonds is 2. The molecule has 2 aliphatic rings. The lowest BCUT2D eigenvalue weighted by atomic mass is 9.98. The summed E-state index contributed by atoms with van der Waals surface area (Å²) in [6.45, 7) is 8.47. The Hall–Kier alpha value is -1.44. The topological polar surface area (TPSA) is 96.3 Å². The molecular weight excluding hydrogens is 284 g/mol. The van der Waals surface area contributed by atoms with Crippen molar-refractivity contribution in [1.29, 1.82) is 0 Å². The Balaban J connectivity index is 2.33. The zero-order valence-corrected chi connectivity index (χ0v) is 12.9. The fourth-order valence-corrected chi connectivity index (χ4v) is 4.07. The molecule has 20 heavy (non-hydrogen) atoms. The average Bonchev–Trinajstić information content (AvgIpc) is 2.45. The molecule has 1 unspecified atom stereocenters. The van der Waals surface area contributed by atoms with Gasteiger partial charge >= 0.3 is 5.97 Å². The summed E-state index contributed by atoms with van der Waals surface area (Å²) in [5.41, 5.74) is -0.537. The first kappa shape index (κ1) is 15.0. The highest BCUT2D eigenvalue weighted by Gasteiger charge is 2.67. The van der Waals surface area contributed by atoms with Crippen LogP contribution in [0.5, 0.6) is 0 Å². The van der Waals surface area contributed by atoms with Crippen molar-refractivity contribution in [2.45, 2.75) is 56.4 Å². The third-order valence-corrected chi connectivity index (χ3v) is 5.37. The van der Waals surface area contributed by atoms with Crippen LogP contribution < -0.4 is 0 Å². The van der Waals surface area contributed by atoms with Gasteiger partial charge < -0.3 is 14.8 Å². The monoisotopic (exact) mass is 302 g/mol. The van der Waals surface area contributed by atoms with E-state index >= 15 is 0 Å². The SMILES string of the molecule is CC(C)(C)O/N=C1/C(=O)N2[C@@H]1S(=O)C(C)(C)[C@@H]2C(=O)O. The molecule has 0 spiro atoms. The molecule has 2 fully saturated rings. The van der Waals surface area contributed by atoms with Gasteiger partial charge in [0, 0.05) is 0 Å². The highest BCUT2D eigenvalue weighted by Crippen LogP contribution is 2.42. The summed E-state index contributed by atoms with van der Waals surface area (Å²) in [5, 5.41) is 12.2. The number of carbonyl (C=O) groups excluding carboxylic acids is 1. The van der Waals surface area contributed by atoms with Crippen molar-refractivity contribution in [2.24, 2.45) is 5.16 Å². The Labute approximate surface area is 119 Å². The van der Waals surface area contributed by atoms with Crippen LogP contribution >= 0.6 is 0 Å². The fourth-order valence-electron chi connectivity index (χ4n) is 2.29. The van der Waals surface area contributed by atoms with E-state index in [2.05, 4.69) is 5.16 Å². The molecule has 2 aliphatic heterocycles. The van der Waals surface area contributed by atoms with E-state index in [1.807, 2.05) is 0 Å². The van der Waals surface area contributed by atoms with Gasteiger partial charge in [0.15, 0.2) is 11.1 Å². The molecule has 0 radical (unpaired) electrons. The molecule has 0 aromatic rings. The number of carboxylic acids is 1. The maximum atomic E-state index is 12.4. The normalized spacial score (nSPS) is 33.9. The van der Waals surface area contributed by atoms with Crippen LogP contribution in [0.25, 0.3) is 0 Å². The summed E-state index contributed by atoms with van der Waals surface area (Å²) >= 11 is 0. The van der Waals surface area contributed by atoms with Crippen LogP contribution in [0.1, 0.15) is 34.6 Å². The number of amides is 1. The first-order valence-electron chi connectivity index (χ1n) is 6.20. The minimum atomic E-state index is -1.54. The second-order valence-electron chi connectivity index (χ2n) is 6.39. The van der Waals surface area contributed by atoms with E-state index in [0.29, 0.717) is 0 Å². The number of fused-ring (bicyclic) bond motifs is 1. The van der Waals surface area contributed by atoms with Crippen LogP contribution in [0, 0.1) is 0 Å². The highest BCUT2D eigenvalue weighted by atomic mass is 32.2. The number of β-lactam (4-membered cyclic amide) rings is 1. The summed E-state index contributed by atoms with van der Waals surface area (Å²) in [6.07, 6.45) is 0. The number of aliphatic carboxylic acids is 1. The zero-order valence-electron chi connectivity index (χ0n) is 12.0. The predicted molar refractivity (Wildman–Crippen MR) is 72.6 cm³/mol. The molecule has 0 bridgehead atoms. The summed E-state index contributed by atoms with van der Waals surface area (Å²) < 4.78 is 11.4. The molecule has 1 N–H and O–H groups in total. The second-order valence-corrected chi connectivity index (χ2v) is 8.48. The van der Waals surface area contributed by atoms with Gasteiger partial charge in [-0.1, -0.05) is 5.16 Å². The molecule has 112 valence electrons. The molecule has 2 heterocycles. The van der Waals surface area contributed by atoms with Gasteiger partial charge in [0.1, 0.15) is 11.6 Å². The number of carbonyl (C=O) groups is 2. The molecule has 3 atom stereocenters. The lowest BCUT2D eigenvalue weighted by molar-refractivity contribution is -0.150. The van der Waals surface area contributed by atoms with E-state index in [1.165, 1.54) is 0 Å². The number of hydrogen-bond donors (Lipinski definition) is 1. The zero-order chi connectivity index (χ0) is 15.5. The third kappa shape index (κ3) is 2.02. The minimum Gasteiger partial charge on any atom is -0.480 e. The maximum Gasteiger partial charge on any atom is 0.328 e. The summed E-state index contributed by atoms with van der Waals surface area (Å²) in [6, 6.07) is -1.10. The van der Waals surface area contributed by atoms with Crippen molar-refractivity contribution in [3.05, 3.63) is 0 Å². The lowest BCUT2D eigenvalue weighted by Crippen LogP contribution is -2.64. The number of carboxylic acid groups (broad SMARTS) is 1. The number of oxime groups is 1. The Kier molecular flexibility index (Phi) is 3.20. The first-order valence-corrected chi connectivity index (χ1v) is 7.42. The fraction of sp³-hybridized carbons (Fsp3) is 0.750. The Morgan fingerprint density at radius 3 is 2.45 bits per heavy atom. The Bertz CT molecular complexity index is 534. The van der Waals surface area contributed by atoms with Gasteiger partial charge in [-0.15, -0.1) is 0 Å². The Morgan fingerprint density at radius 1 is 1.45 bits per heavy atom. The molecule has 0 aliphatic carbocycles. The van der Waals surface area contributed by atoms with E-state index in [-0.39, 0.29) is 5.71 Å². The average molecular weight is 302 g/mol. The maximum absolute atomic E-state index is 12.4. The second kappa shape index (κ2) is 4.28. The van der Waals surface area contributed by atoms with Crippen LogP contribution in [0.3, 0.4) is 0 Å². The van der Waals surface area contributed by atoms with Crippen molar-refractivity contribution in [3.8, 4) is 0 Å². The van der Waals surface area contributed by atoms with Crippen LogP contribution in [-0.2, 0) is 25.2 Å². The van der Waals surface area contributed by atoms with Gasteiger partial charge in [-0.3, -0.25) is 9.00 Å². The quantitative estimate of drug-likeness (QED) is 0.585. The van der Waals surface area contributed by atoms with Gasteiger partial charge in [0.25, 0.3) is 5.91 Å². The smallest absolute Gasteiger partial charge is 0.328 e. The van der Waals surface area contributed by atoms with E-state index in [1.54, 1.807) is 34.6 Å². The largest absolute Gasteiger partial charge is 0.480 e. The van der Waals surface area contributed by atoms with Gasteiger partial charge in [-0.05, 0) is 34.6 Å². The molecule has 1 amide bonds. The van der Waals surface area contributed by atoms with Crippen LogP contribution in [0.4, 0.5) is 0 Å². The van der Waals surface area contributed by atoms with Crippen molar-refractivity contribution in [1.82, 2.24) is 4.90 Å². The predicted octanol–water partition coefficient (Wildman–Crippen LogP) is 0.320. The molecule has 2 saturated heterocycles. The van der Waals surface area contributed by atoms with Gasteiger partial charge in [0.2, 0.25) is 0 Å². The molecule has 0 aromatic heterocycles. The van der Waals surface area contributed by atoms with Gasteiger partial charge in [-0.2, -0.15) is 0 Å². The van der Waals surface area contributed by atoms with Crippen molar-refractivity contribution >= 4 is 28.4 Å². The molecule has 8 heteroatoms. The third-order valence-electron chi connectivity index (χ3n) is 3.25. The van der Waals surface area contributed by atoms with Crippen LogP contribution in [-0.4, -0.2) is 53.6 Å². The van der Waals surface area contributed by atoms with E-state index in [9.17, 15) is 18.9 Å². The lowest BCUT2D eigenvalue weighted by Gasteiger charge is -2.36. The highest BCUT2D eigenvalue weighted by molar-refractivity contribution is 7.88. The van der Waals surface area contributed by atoms with E-state index in [4.69, 9.17) is 4.84 Å². The summed E-state index contributed by atoms with van der Waals surface area (Å²) in [5.74, 6) is -1.68. The first-order chi connectivity index (χ1) is 8.98. The minimum absolute atomic E-state index is 0.0371. The molecular formula is C12H18N2O5S. The van der Waals surface area contributed by atoms with E-state index in [0.717, 1.165) is 4.90 Å². The molecule has 7 nitrogen and oxygen atoms in total. The van der Waals surface area contributed by atoms with Crippen LogP contribution in [0.15, 0.2) is 5.16 Å². The summed E-state index contributed by atoms with van der Waals surface area (Å²) in [4.78, 5) is 29.7. The summed E-state index contributed by atoms with van der Waals surface area (Å²) in [7, 11) is -1.54. The van der Waals surface area contributed by atoms with Crippen molar-refractivity contribution in [2.75, 3.05) is 0 Å². The van der Waals surface area contributed by atoms with E-state index < -0.39 is 44.4 Å². The van der Waals surface area contributed by atoms with Gasteiger partial charge in [0.05, 0.1) is 15.5 Å².